The highest BCUT2D eigenvalue weighted by Gasteiger charge is 2.38. The van der Waals surface area contributed by atoms with Gasteiger partial charge in [-0.15, -0.1) is 0 Å². The average molecular weight is 247 g/mol. The van der Waals surface area contributed by atoms with Crippen LogP contribution in [0.5, 0.6) is 0 Å². The molecule has 1 aromatic heterocycles. The Kier molecular flexibility index (Phi) is 4.39. The highest BCUT2D eigenvalue weighted by Crippen LogP contribution is 2.42. The average Bonchev–Trinajstić information content (AvgIpc) is 2.47. The van der Waals surface area contributed by atoms with Gasteiger partial charge in [-0.2, -0.15) is 0 Å². The van der Waals surface area contributed by atoms with Crippen molar-refractivity contribution in [2.75, 3.05) is 0 Å². The summed E-state index contributed by atoms with van der Waals surface area (Å²) in [5, 5.41) is 11.1. The van der Waals surface area contributed by atoms with Gasteiger partial charge in [0.1, 0.15) is 0 Å². The Morgan fingerprint density at radius 1 is 1.39 bits per heavy atom. The maximum Gasteiger partial charge on any atom is 0.0936 e. The molecule has 0 saturated heterocycles. The smallest absolute Gasteiger partial charge is 0.0936 e. The predicted molar refractivity (Wildman–Crippen MR) is 74.2 cm³/mol. The van der Waals surface area contributed by atoms with E-state index >= 15 is 0 Å². The number of hydrogen-bond donors (Lipinski definition) is 1. The molecule has 2 unspecified atom stereocenters. The van der Waals surface area contributed by atoms with E-state index in [4.69, 9.17) is 0 Å². The molecular formula is C16H25NO. The second-order valence-electron chi connectivity index (χ2n) is 5.71. The van der Waals surface area contributed by atoms with Gasteiger partial charge in [-0.05, 0) is 24.3 Å². The van der Waals surface area contributed by atoms with E-state index in [9.17, 15) is 5.11 Å². The van der Waals surface area contributed by atoms with Crippen molar-refractivity contribution >= 4 is 0 Å². The third kappa shape index (κ3) is 2.59. The molecule has 2 rings (SSSR count). The number of rotatable bonds is 4. The second-order valence-corrected chi connectivity index (χ2v) is 5.71. The Labute approximate surface area is 110 Å². The molecule has 18 heavy (non-hydrogen) atoms. The zero-order valence-electron chi connectivity index (χ0n) is 11.6. The molecule has 0 radical (unpaired) electrons. The lowest BCUT2D eigenvalue weighted by Gasteiger charge is -2.40. The normalized spacial score (nSPS) is 22.4. The van der Waals surface area contributed by atoms with Crippen molar-refractivity contribution in [3.63, 3.8) is 0 Å². The molecule has 1 N–H and O–H groups in total. The molecule has 0 bridgehead atoms. The fourth-order valence-corrected chi connectivity index (χ4v) is 3.43. The van der Waals surface area contributed by atoms with E-state index in [1.807, 2.05) is 18.3 Å². The Morgan fingerprint density at radius 2 is 2.11 bits per heavy atom. The summed E-state index contributed by atoms with van der Waals surface area (Å²) in [6, 6.07) is 3.93. The van der Waals surface area contributed by atoms with Gasteiger partial charge in [0, 0.05) is 18.0 Å². The molecule has 1 fully saturated rings. The van der Waals surface area contributed by atoms with Crippen LogP contribution in [0.15, 0.2) is 24.5 Å². The van der Waals surface area contributed by atoms with Crippen molar-refractivity contribution in [1.82, 2.24) is 4.98 Å². The molecule has 1 aliphatic carbocycles. The van der Waals surface area contributed by atoms with Crippen molar-refractivity contribution in [3.05, 3.63) is 30.1 Å². The van der Waals surface area contributed by atoms with Gasteiger partial charge in [0.05, 0.1) is 5.60 Å². The van der Waals surface area contributed by atoms with Gasteiger partial charge >= 0.3 is 0 Å². The molecule has 1 saturated carbocycles. The van der Waals surface area contributed by atoms with E-state index in [-0.39, 0.29) is 0 Å². The first-order chi connectivity index (χ1) is 8.68. The molecule has 100 valence electrons. The Morgan fingerprint density at radius 3 is 2.67 bits per heavy atom. The molecule has 2 heteroatoms. The fourth-order valence-electron chi connectivity index (χ4n) is 3.43. The van der Waals surface area contributed by atoms with E-state index in [0.717, 1.165) is 12.0 Å². The quantitative estimate of drug-likeness (QED) is 0.875. The third-order valence-electron chi connectivity index (χ3n) is 4.81. The van der Waals surface area contributed by atoms with Crippen LogP contribution in [0.4, 0.5) is 0 Å². The number of nitrogens with zero attached hydrogens (tertiary/aromatic N) is 1. The maximum atomic E-state index is 11.1. The molecule has 1 aliphatic rings. The lowest BCUT2D eigenvalue weighted by molar-refractivity contribution is -0.0509. The van der Waals surface area contributed by atoms with Gasteiger partial charge in [0.25, 0.3) is 0 Å². The molecule has 0 aliphatic heterocycles. The van der Waals surface area contributed by atoms with Crippen molar-refractivity contribution < 1.29 is 5.11 Å². The van der Waals surface area contributed by atoms with Crippen LogP contribution in [-0.2, 0) is 5.60 Å². The van der Waals surface area contributed by atoms with Crippen LogP contribution in [0.2, 0.25) is 0 Å². The SMILES string of the molecule is CCC(O)(c1cccnc1)C(C)C1CCCCC1. The largest absolute Gasteiger partial charge is 0.385 e. The van der Waals surface area contributed by atoms with Gasteiger partial charge in [-0.25, -0.2) is 0 Å². The van der Waals surface area contributed by atoms with Crippen molar-refractivity contribution in [3.8, 4) is 0 Å². The lowest BCUT2D eigenvalue weighted by Crippen LogP contribution is -2.38. The first kappa shape index (κ1) is 13.5. The Bertz CT molecular complexity index is 359. The summed E-state index contributed by atoms with van der Waals surface area (Å²) in [5.74, 6) is 0.968. The van der Waals surface area contributed by atoms with Crippen molar-refractivity contribution in [1.29, 1.82) is 0 Å². The Balaban J connectivity index is 2.20. The summed E-state index contributed by atoms with van der Waals surface area (Å²) in [7, 11) is 0. The molecule has 2 atom stereocenters. The van der Waals surface area contributed by atoms with Crippen LogP contribution in [0.25, 0.3) is 0 Å². The van der Waals surface area contributed by atoms with Gasteiger partial charge in [0.2, 0.25) is 0 Å². The van der Waals surface area contributed by atoms with Crippen LogP contribution >= 0.6 is 0 Å². The molecule has 0 aromatic carbocycles. The minimum absolute atomic E-state index is 0.312. The summed E-state index contributed by atoms with van der Waals surface area (Å²) in [5.41, 5.74) is 0.265. The fraction of sp³-hybridized carbons (Fsp3) is 0.688. The minimum Gasteiger partial charge on any atom is -0.385 e. The van der Waals surface area contributed by atoms with Crippen LogP contribution < -0.4 is 0 Å². The van der Waals surface area contributed by atoms with Crippen LogP contribution in [0.1, 0.15) is 57.9 Å². The van der Waals surface area contributed by atoms with Crippen LogP contribution in [0.3, 0.4) is 0 Å². The Hall–Kier alpha value is -0.890. The number of aliphatic hydroxyl groups is 1. The van der Waals surface area contributed by atoms with Gasteiger partial charge in [0.15, 0.2) is 0 Å². The van der Waals surface area contributed by atoms with Gasteiger partial charge < -0.3 is 5.11 Å². The van der Waals surface area contributed by atoms with Gasteiger partial charge in [-0.3, -0.25) is 4.98 Å². The van der Waals surface area contributed by atoms with Gasteiger partial charge in [-0.1, -0.05) is 52.0 Å². The van der Waals surface area contributed by atoms with E-state index in [0.29, 0.717) is 11.8 Å². The highest BCUT2D eigenvalue weighted by atomic mass is 16.3. The van der Waals surface area contributed by atoms with E-state index < -0.39 is 5.60 Å². The number of hydrogen-bond acceptors (Lipinski definition) is 2. The summed E-state index contributed by atoms with van der Waals surface area (Å²) < 4.78 is 0. The zero-order valence-corrected chi connectivity index (χ0v) is 11.6. The van der Waals surface area contributed by atoms with Crippen LogP contribution in [0, 0.1) is 11.8 Å². The predicted octanol–water partition coefficient (Wildman–Crippen LogP) is 3.90. The molecular weight excluding hydrogens is 222 g/mol. The standard InChI is InChI=1S/C16H25NO/c1-3-16(18,15-10-7-11-17-12-15)13(2)14-8-5-4-6-9-14/h7,10-14,18H,3-6,8-9H2,1-2H3. The first-order valence-electron chi connectivity index (χ1n) is 7.31. The third-order valence-corrected chi connectivity index (χ3v) is 4.81. The molecule has 2 nitrogen and oxygen atoms in total. The summed E-state index contributed by atoms with van der Waals surface area (Å²) in [6.07, 6.45) is 10.9. The topological polar surface area (TPSA) is 33.1 Å². The highest BCUT2D eigenvalue weighted by molar-refractivity contribution is 5.19. The molecule has 0 amide bonds. The molecule has 0 spiro atoms. The number of pyridine rings is 1. The first-order valence-corrected chi connectivity index (χ1v) is 7.31. The summed E-state index contributed by atoms with van der Waals surface area (Å²) in [4.78, 5) is 4.17. The maximum absolute atomic E-state index is 11.1. The monoisotopic (exact) mass is 247 g/mol. The van der Waals surface area contributed by atoms with Crippen molar-refractivity contribution in [2.45, 2.75) is 58.0 Å². The second kappa shape index (κ2) is 5.83. The number of aromatic nitrogens is 1. The summed E-state index contributed by atoms with van der Waals surface area (Å²) >= 11 is 0. The zero-order chi connectivity index (χ0) is 13.0. The van der Waals surface area contributed by atoms with E-state index in [1.54, 1.807) is 6.20 Å². The van der Waals surface area contributed by atoms with E-state index in [1.165, 1.54) is 32.1 Å². The lowest BCUT2D eigenvalue weighted by atomic mass is 9.69. The minimum atomic E-state index is -0.712. The van der Waals surface area contributed by atoms with Crippen molar-refractivity contribution in [2.24, 2.45) is 11.8 Å². The molecule has 1 aromatic rings. The molecule has 1 heterocycles. The summed E-state index contributed by atoms with van der Waals surface area (Å²) in [6.45, 7) is 4.29. The van der Waals surface area contributed by atoms with E-state index in [2.05, 4.69) is 18.8 Å². The van der Waals surface area contributed by atoms with Crippen LogP contribution in [-0.4, -0.2) is 10.1 Å².